The standard InChI is InChI=1S/C19H23N3O3S.C8H5ClF3NO3/c1-19(10-26(2,24)25,18(21)22-11-23)16-8-7-14-13-6-4-3-5-12(13)9-15(14)17(16)20;9-4-2-13-5(7(14)15)1-6(4)16-3-8(10,11)12/h3-8,23H,9-11,20H2,1-2H3,(H2,21,22);1-2H,3H2,(H,14,15). The van der Waals surface area contributed by atoms with E-state index in [-0.39, 0.29) is 22.4 Å². The molecule has 3 aromatic rings. The molecule has 2 aromatic carbocycles. The Bertz CT molecular complexity index is 1630. The Labute approximate surface area is 244 Å². The van der Waals surface area contributed by atoms with Crippen molar-refractivity contribution in [2.75, 3.05) is 31.1 Å². The zero-order valence-electron chi connectivity index (χ0n) is 22.4. The van der Waals surface area contributed by atoms with Crippen molar-refractivity contribution < 1.29 is 41.3 Å². The maximum absolute atomic E-state index is 12.0. The summed E-state index contributed by atoms with van der Waals surface area (Å²) in [6.45, 7) is -0.361. The van der Waals surface area contributed by atoms with Crippen molar-refractivity contribution in [3.63, 3.8) is 0 Å². The Morgan fingerprint density at radius 2 is 1.86 bits per heavy atom. The first kappa shape index (κ1) is 32.6. The fraction of sp³-hybridized carbons (Fsp3) is 0.296. The van der Waals surface area contributed by atoms with E-state index in [1.165, 1.54) is 5.56 Å². The molecule has 42 heavy (non-hydrogen) atoms. The second-order valence-electron chi connectivity index (χ2n) is 9.68. The Kier molecular flexibility index (Phi) is 9.75. The Hall–Kier alpha value is -3.88. The van der Waals surface area contributed by atoms with Crippen molar-refractivity contribution in [2.24, 2.45) is 10.7 Å². The van der Waals surface area contributed by atoms with Gasteiger partial charge in [-0.2, -0.15) is 13.2 Å². The Morgan fingerprint density at radius 3 is 2.45 bits per heavy atom. The number of benzene rings is 2. The third kappa shape index (κ3) is 7.69. The summed E-state index contributed by atoms with van der Waals surface area (Å²) in [7, 11) is -3.38. The summed E-state index contributed by atoms with van der Waals surface area (Å²) in [6, 6.07) is 12.7. The van der Waals surface area contributed by atoms with Crippen molar-refractivity contribution >= 4 is 38.9 Å². The van der Waals surface area contributed by atoms with Crippen LogP contribution in [0.1, 0.15) is 34.1 Å². The first-order valence-electron chi connectivity index (χ1n) is 12.1. The zero-order chi connectivity index (χ0) is 31.5. The number of aliphatic imine (C=N–C) groups is 1. The highest BCUT2D eigenvalue weighted by atomic mass is 35.5. The molecule has 226 valence electrons. The minimum atomic E-state index is -4.52. The molecule has 0 saturated heterocycles. The number of ether oxygens (including phenoxy) is 1. The lowest BCUT2D eigenvalue weighted by Crippen LogP contribution is -2.45. The van der Waals surface area contributed by atoms with Gasteiger partial charge in [0.1, 0.15) is 33.2 Å². The third-order valence-corrected chi connectivity index (χ3v) is 7.80. The van der Waals surface area contributed by atoms with Gasteiger partial charge in [-0.1, -0.05) is 48.0 Å². The number of carbonyl (C=O) groups is 1. The molecule has 4 rings (SSSR count). The molecule has 1 aliphatic carbocycles. The van der Waals surface area contributed by atoms with Gasteiger partial charge in [0.2, 0.25) is 0 Å². The van der Waals surface area contributed by atoms with E-state index in [2.05, 4.69) is 26.8 Å². The van der Waals surface area contributed by atoms with E-state index in [4.69, 9.17) is 33.3 Å². The number of aromatic carboxylic acids is 1. The van der Waals surface area contributed by atoms with Crippen LogP contribution in [0.15, 0.2) is 53.7 Å². The van der Waals surface area contributed by atoms with Crippen LogP contribution in [-0.4, -0.2) is 66.9 Å². The number of hydrogen-bond donors (Lipinski definition) is 4. The van der Waals surface area contributed by atoms with Gasteiger partial charge in [0.05, 0.1) is 17.4 Å². The van der Waals surface area contributed by atoms with E-state index >= 15 is 0 Å². The van der Waals surface area contributed by atoms with Crippen molar-refractivity contribution in [3.8, 4) is 16.9 Å². The van der Waals surface area contributed by atoms with Crippen LogP contribution in [0.5, 0.6) is 5.75 Å². The third-order valence-electron chi connectivity index (χ3n) is 6.41. The number of halogens is 4. The van der Waals surface area contributed by atoms with Gasteiger partial charge >= 0.3 is 12.1 Å². The summed E-state index contributed by atoms with van der Waals surface area (Å²) in [5.41, 5.74) is 16.5. The van der Waals surface area contributed by atoms with Gasteiger partial charge in [0, 0.05) is 24.4 Å². The first-order valence-corrected chi connectivity index (χ1v) is 14.6. The van der Waals surface area contributed by atoms with Crippen LogP contribution in [-0.2, 0) is 21.7 Å². The Morgan fingerprint density at radius 1 is 1.19 bits per heavy atom. The van der Waals surface area contributed by atoms with E-state index in [1.807, 2.05) is 24.3 Å². The number of aliphatic hydroxyl groups is 1. The monoisotopic (exact) mass is 628 g/mol. The minimum Gasteiger partial charge on any atom is -0.482 e. The lowest BCUT2D eigenvalue weighted by Gasteiger charge is -2.31. The molecule has 0 saturated carbocycles. The maximum Gasteiger partial charge on any atom is 0.422 e. The number of aromatic nitrogens is 1. The number of alkyl halides is 3. The molecule has 1 atom stereocenters. The number of nitrogens with two attached hydrogens (primary N) is 2. The molecule has 0 bridgehead atoms. The highest BCUT2D eigenvalue weighted by molar-refractivity contribution is 7.90. The summed E-state index contributed by atoms with van der Waals surface area (Å²) < 4.78 is 63.9. The maximum atomic E-state index is 12.0. The Balaban J connectivity index is 0.000000260. The van der Waals surface area contributed by atoms with Gasteiger partial charge in [-0.05, 0) is 34.7 Å². The summed E-state index contributed by atoms with van der Waals surface area (Å²) in [5, 5.41) is 17.5. The van der Waals surface area contributed by atoms with Crippen LogP contribution in [0.4, 0.5) is 18.9 Å². The fourth-order valence-electron chi connectivity index (χ4n) is 4.59. The number of nitrogen functional groups attached to an aromatic ring is 1. The second kappa shape index (κ2) is 12.5. The molecule has 6 N–H and O–H groups in total. The van der Waals surface area contributed by atoms with Crippen molar-refractivity contribution in [1.29, 1.82) is 0 Å². The molecule has 10 nitrogen and oxygen atoms in total. The topological polar surface area (TPSA) is 178 Å². The first-order chi connectivity index (χ1) is 19.5. The SMILES string of the molecule is CC(CS(C)(=O)=O)(C(N)=NCO)c1ccc2c(c1N)Cc1ccccc1-2.O=C(O)c1cc(OCC(F)(F)F)c(Cl)cn1. The van der Waals surface area contributed by atoms with Crippen molar-refractivity contribution in [3.05, 3.63) is 76.1 Å². The molecule has 0 radical (unpaired) electrons. The number of rotatable bonds is 8. The van der Waals surface area contributed by atoms with Crippen LogP contribution in [0.2, 0.25) is 5.02 Å². The molecule has 0 amide bonds. The molecular formula is C27H28ClF3N4O6S. The number of anilines is 1. The smallest absolute Gasteiger partial charge is 0.422 e. The minimum absolute atomic E-state index is 0.0487. The van der Waals surface area contributed by atoms with Gasteiger partial charge in [-0.3, -0.25) is 0 Å². The number of sulfone groups is 1. The largest absolute Gasteiger partial charge is 0.482 e. The number of aliphatic hydroxyl groups excluding tert-OH is 1. The van der Waals surface area contributed by atoms with Crippen molar-refractivity contribution in [1.82, 2.24) is 4.98 Å². The number of carboxylic acids is 1. The number of amidine groups is 1. The zero-order valence-corrected chi connectivity index (χ0v) is 24.0. The van der Waals surface area contributed by atoms with E-state index < -0.39 is 46.4 Å². The number of hydrogen-bond acceptors (Lipinski definition) is 8. The van der Waals surface area contributed by atoms with Crippen LogP contribution in [0, 0.1) is 0 Å². The van der Waals surface area contributed by atoms with Gasteiger partial charge in [0.15, 0.2) is 12.3 Å². The molecule has 1 heterocycles. The number of pyridine rings is 1. The lowest BCUT2D eigenvalue weighted by atomic mass is 9.80. The highest BCUT2D eigenvalue weighted by Gasteiger charge is 2.38. The lowest BCUT2D eigenvalue weighted by molar-refractivity contribution is -0.153. The molecule has 15 heteroatoms. The summed E-state index contributed by atoms with van der Waals surface area (Å²) in [4.78, 5) is 17.7. The van der Waals surface area contributed by atoms with Crippen LogP contribution in [0.3, 0.4) is 0 Å². The van der Waals surface area contributed by atoms with Gasteiger partial charge in [0.25, 0.3) is 0 Å². The predicted molar refractivity (Wildman–Crippen MR) is 153 cm³/mol. The van der Waals surface area contributed by atoms with Gasteiger partial charge < -0.3 is 26.4 Å². The second-order valence-corrected chi connectivity index (χ2v) is 12.2. The number of nitrogens with zero attached hydrogens (tertiary/aromatic N) is 2. The van der Waals surface area contributed by atoms with Crippen LogP contribution < -0.4 is 16.2 Å². The van der Waals surface area contributed by atoms with Crippen molar-refractivity contribution in [2.45, 2.75) is 24.9 Å². The summed E-state index contributed by atoms with van der Waals surface area (Å²) >= 11 is 5.48. The van der Waals surface area contributed by atoms with Crippen LogP contribution in [0.25, 0.3) is 11.1 Å². The molecular weight excluding hydrogens is 601 g/mol. The molecule has 1 aromatic heterocycles. The molecule has 1 aliphatic rings. The van der Waals surface area contributed by atoms with E-state index in [0.717, 1.165) is 35.2 Å². The highest BCUT2D eigenvalue weighted by Crippen LogP contribution is 2.43. The predicted octanol–water partition coefficient (Wildman–Crippen LogP) is 3.82. The average molecular weight is 629 g/mol. The fourth-order valence-corrected chi connectivity index (χ4v) is 6.10. The quantitative estimate of drug-likeness (QED) is 0.128. The molecule has 0 aliphatic heterocycles. The average Bonchev–Trinajstić information content (AvgIpc) is 3.27. The van der Waals surface area contributed by atoms with E-state index in [1.54, 1.807) is 6.92 Å². The molecule has 0 fully saturated rings. The van der Waals surface area contributed by atoms with Gasteiger partial charge in [-0.15, -0.1) is 0 Å². The summed E-state index contributed by atoms with van der Waals surface area (Å²) in [5.74, 6) is -1.95. The van der Waals surface area contributed by atoms with E-state index in [0.29, 0.717) is 17.7 Å². The van der Waals surface area contributed by atoms with Crippen LogP contribution >= 0.6 is 11.6 Å². The number of fused-ring (bicyclic) bond motifs is 3. The van der Waals surface area contributed by atoms with Gasteiger partial charge in [-0.25, -0.2) is 23.2 Å². The molecule has 1 unspecified atom stereocenters. The molecule has 0 spiro atoms. The number of carboxylic acid groups (broad SMARTS) is 1. The normalized spacial score (nSPS) is 14.2. The summed E-state index contributed by atoms with van der Waals surface area (Å²) in [6.07, 6.45) is -1.76. The van der Waals surface area contributed by atoms with E-state index in [9.17, 15) is 26.4 Å².